The van der Waals surface area contributed by atoms with Crippen LogP contribution >= 0.6 is 0 Å². The second-order valence-corrected chi connectivity index (χ2v) is 6.83. The van der Waals surface area contributed by atoms with Crippen LogP contribution in [0.4, 0.5) is 5.95 Å². The van der Waals surface area contributed by atoms with Crippen LogP contribution in [0.15, 0.2) is 61.3 Å². The van der Waals surface area contributed by atoms with Gasteiger partial charge < -0.3 is 5.73 Å². The van der Waals surface area contributed by atoms with Gasteiger partial charge in [0.25, 0.3) is 0 Å². The van der Waals surface area contributed by atoms with Crippen molar-refractivity contribution in [2.45, 2.75) is 18.8 Å². The summed E-state index contributed by atoms with van der Waals surface area (Å²) in [6.45, 7) is 0. The van der Waals surface area contributed by atoms with E-state index in [4.69, 9.17) is 10.8 Å². The molecule has 0 bridgehead atoms. The van der Waals surface area contributed by atoms with Crippen molar-refractivity contribution in [3.05, 3.63) is 89.4 Å². The van der Waals surface area contributed by atoms with E-state index in [1.54, 1.807) is 29.5 Å². The molecule has 0 spiro atoms. The van der Waals surface area contributed by atoms with Gasteiger partial charge in [-0.15, -0.1) is 0 Å². The second kappa shape index (κ2) is 7.17. The Kier molecular flexibility index (Phi) is 4.22. The van der Waals surface area contributed by atoms with Gasteiger partial charge >= 0.3 is 0 Å². The van der Waals surface area contributed by atoms with E-state index in [1.165, 1.54) is 11.1 Å². The maximum Gasteiger partial charge on any atom is 0.219 e. The van der Waals surface area contributed by atoms with Gasteiger partial charge in [0, 0.05) is 24.5 Å². The number of anilines is 1. The Labute approximate surface area is 167 Å². The number of fused-ring (bicyclic) bond motifs is 1. The predicted octanol–water partition coefficient (Wildman–Crippen LogP) is 2.51. The summed E-state index contributed by atoms with van der Waals surface area (Å²) in [6.07, 6.45) is 10.6. The first kappa shape index (κ1) is 17.1. The SMILES string of the molecule is Nc1ncc(C#Cc2cncc(-n3cc4c(n3)C(c3ccccc3)CC4)n2)cn1. The van der Waals surface area contributed by atoms with Gasteiger partial charge in [-0.3, -0.25) is 4.98 Å². The molecule has 5 rings (SSSR count). The van der Waals surface area contributed by atoms with Crippen LogP contribution < -0.4 is 5.73 Å². The molecule has 0 aliphatic heterocycles. The van der Waals surface area contributed by atoms with Crippen LogP contribution in [0.25, 0.3) is 5.82 Å². The van der Waals surface area contributed by atoms with Crippen LogP contribution in [0.3, 0.4) is 0 Å². The van der Waals surface area contributed by atoms with E-state index in [-0.39, 0.29) is 5.95 Å². The third kappa shape index (κ3) is 3.44. The number of rotatable bonds is 2. The molecule has 1 aromatic carbocycles. The quantitative estimate of drug-likeness (QED) is 0.538. The van der Waals surface area contributed by atoms with Crippen molar-refractivity contribution in [3.63, 3.8) is 0 Å². The summed E-state index contributed by atoms with van der Waals surface area (Å²) in [5.41, 5.74) is 10.4. The first-order chi connectivity index (χ1) is 14.3. The Morgan fingerprint density at radius 3 is 2.66 bits per heavy atom. The zero-order valence-corrected chi connectivity index (χ0v) is 15.5. The highest BCUT2D eigenvalue weighted by atomic mass is 15.3. The Hall–Kier alpha value is -4.05. The Morgan fingerprint density at radius 1 is 1.00 bits per heavy atom. The van der Waals surface area contributed by atoms with Crippen LogP contribution in [0.2, 0.25) is 0 Å². The van der Waals surface area contributed by atoms with Gasteiger partial charge in [0.1, 0.15) is 5.69 Å². The van der Waals surface area contributed by atoms with E-state index in [0.29, 0.717) is 23.0 Å². The first-order valence-corrected chi connectivity index (χ1v) is 9.31. The average Bonchev–Trinajstić information content (AvgIpc) is 3.35. The molecule has 7 heteroatoms. The molecule has 29 heavy (non-hydrogen) atoms. The molecule has 3 heterocycles. The van der Waals surface area contributed by atoms with Crippen LogP contribution in [0.1, 0.15) is 40.4 Å². The average molecular weight is 379 g/mol. The predicted molar refractivity (Wildman–Crippen MR) is 108 cm³/mol. The van der Waals surface area contributed by atoms with Crippen molar-refractivity contribution in [2.75, 3.05) is 5.73 Å². The molecule has 1 atom stereocenters. The number of aromatic nitrogens is 6. The summed E-state index contributed by atoms with van der Waals surface area (Å²) in [5, 5.41) is 4.82. The highest BCUT2D eigenvalue weighted by Gasteiger charge is 2.27. The zero-order valence-electron chi connectivity index (χ0n) is 15.5. The van der Waals surface area contributed by atoms with Crippen molar-refractivity contribution in [1.29, 1.82) is 0 Å². The Balaban J connectivity index is 1.43. The van der Waals surface area contributed by atoms with Crippen molar-refractivity contribution >= 4 is 5.95 Å². The molecule has 1 unspecified atom stereocenters. The smallest absolute Gasteiger partial charge is 0.219 e. The lowest BCUT2D eigenvalue weighted by Crippen LogP contribution is -2.04. The molecule has 1 aliphatic carbocycles. The summed E-state index contributed by atoms with van der Waals surface area (Å²) in [6, 6.07) is 10.5. The van der Waals surface area contributed by atoms with Crippen molar-refractivity contribution in [3.8, 4) is 17.7 Å². The van der Waals surface area contributed by atoms with Crippen LogP contribution in [0, 0.1) is 11.8 Å². The third-order valence-corrected chi connectivity index (χ3v) is 4.92. The second-order valence-electron chi connectivity index (χ2n) is 6.83. The highest BCUT2D eigenvalue weighted by molar-refractivity contribution is 5.41. The maximum absolute atomic E-state index is 5.49. The molecule has 0 amide bonds. The van der Waals surface area contributed by atoms with Gasteiger partial charge in [0.05, 0.1) is 23.7 Å². The van der Waals surface area contributed by atoms with Gasteiger partial charge in [-0.05, 0) is 29.9 Å². The van der Waals surface area contributed by atoms with Gasteiger partial charge in [0.15, 0.2) is 5.82 Å². The summed E-state index contributed by atoms with van der Waals surface area (Å²) in [5.74, 6) is 7.15. The van der Waals surface area contributed by atoms with Crippen LogP contribution in [0.5, 0.6) is 0 Å². The molecule has 0 radical (unpaired) electrons. The molecule has 3 aromatic heterocycles. The van der Waals surface area contributed by atoms with Gasteiger partial charge in [0.2, 0.25) is 5.95 Å². The Morgan fingerprint density at radius 2 is 1.83 bits per heavy atom. The topological polar surface area (TPSA) is 95.4 Å². The number of hydrogen-bond acceptors (Lipinski definition) is 6. The Bertz CT molecular complexity index is 1220. The minimum atomic E-state index is 0.220. The van der Waals surface area contributed by atoms with E-state index in [9.17, 15) is 0 Å². The standard InChI is InChI=1S/C22H17N7/c23-22-25-10-15(11-26-22)6-8-18-12-24-13-20(27-18)29-14-17-7-9-19(21(17)28-29)16-4-2-1-3-5-16/h1-5,10-14,19H,7,9H2,(H2,23,25,26). The van der Waals surface area contributed by atoms with E-state index in [1.807, 2.05) is 12.3 Å². The summed E-state index contributed by atoms with van der Waals surface area (Å²) >= 11 is 0. The molecular formula is C22H17N7. The first-order valence-electron chi connectivity index (χ1n) is 9.31. The molecular weight excluding hydrogens is 362 g/mol. The molecule has 0 saturated carbocycles. The number of nitrogen functional groups attached to an aromatic ring is 1. The van der Waals surface area contributed by atoms with Gasteiger partial charge in [-0.2, -0.15) is 5.10 Å². The number of hydrogen-bond donors (Lipinski definition) is 1. The summed E-state index contributed by atoms with van der Waals surface area (Å²) in [7, 11) is 0. The van der Waals surface area contributed by atoms with Crippen LogP contribution in [-0.4, -0.2) is 29.7 Å². The van der Waals surface area contributed by atoms with Crippen molar-refractivity contribution < 1.29 is 0 Å². The largest absolute Gasteiger partial charge is 0.368 e. The highest BCUT2D eigenvalue weighted by Crippen LogP contribution is 2.37. The lowest BCUT2D eigenvalue weighted by molar-refractivity contribution is 0.718. The normalized spacial score (nSPS) is 14.8. The fourth-order valence-corrected chi connectivity index (χ4v) is 3.54. The molecule has 7 nitrogen and oxygen atoms in total. The molecule has 0 fully saturated rings. The molecule has 140 valence electrons. The fraction of sp³-hybridized carbons (Fsp3) is 0.136. The van der Waals surface area contributed by atoms with Gasteiger partial charge in [-0.25, -0.2) is 19.6 Å². The number of nitrogens with two attached hydrogens (primary N) is 1. The lowest BCUT2D eigenvalue weighted by atomic mass is 9.97. The fourth-order valence-electron chi connectivity index (χ4n) is 3.54. The van der Waals surface area contributed by atoms with E-state index >= 15 is 0 Å². The number of benzene rings is 1. The zero-order chi connectivity index (χ0) is 19.6. The van der Waals surface area contributed by atoms with E-state index < -0.39 is 0 Å². The van der Waals surface area contributed by atoms with Crippen molar-refractivity contribution in [1.82, 2.24) is 29.7 Å². The third-order valence-electron chi connectivity index (χ3n) is 4.92. The van der Waals surface area contributed by atoms with E-state index in [0.717, 1.165) is 18.5 Å². The summed E-state index contributed by atoms with van der Waals surface area (Å²) < 4.78 is 1.80. The molecule has 1 aliphatic rings. The monoisotopic (exact) mass is 379 g/mol. The molecule has 2 N–H and O–H groups in total. The maximum atomic E-state index is 5.49. The van der Waals surface area contributed by atoms with Crippen LogP contribution in [-0.2, 0) is 6.42 Å². The van der Waals surface area contributed by atoms with Gasteiger partial charge in [-0.1, -0.05) is 36.3 Å². The molecule has 0 saturated heterocycles. The summed E-state index contributed by atoms with van der Waals surface area (Å²) in [4.78, 5) is 16.7. The molecule has 4 aromatic rings. The van der Waals surface area contributed by atoms with E-state index in [2.05, 4.69) is 56.0 Å². The van der Waals surface area contributed by atoms with Crippen molar-refractivity contribution in [2.24, 2.45) is 0 Å². The number of nitrogens with zero attached hydrogens (tertiary/aromatic N) is 6. The number of aryl methyl sites for hydroxylation is 1. The minimum Gasteiger partial charge on any atom is -0.368 e. The minimum absolute atomic E-state index is 0.220. The lowest BCUT2D eigenvalue weighted by Gasteiger charge is -2.09.